The summed E-state index contributed by atoms with van der Waals surface area (Å²) >= 11 is 1.41. The maximum atomic E-state index is 11.8. The van der Waals surface area contributed by atoms with E-state index in [-0.39, 0.29) is 11.8 Å². The van der Waals surface area contributed by atoms with Gasteiger partial charge in [-0.2, -0.15) is 0 Å². The van der Waals surface area contributed by atoms with Gasteiger partial charge in [0.2, 0.25) is 0 Å². The highest BCUT2D eigenvalue weighted by molar-refractivity contribution is 7.99. The number of ether oxygens (including phenoxy) is 2. The zero-order chi connectivity index (χ0) is 16.9. The van der Waals surface area contributed by atoms with Crippen LogP contribution in [0.5, 0.6) is 0 Å². The molecular weight excluding hydrogens is 320 g/mol. The van der Waals surface area contributed by atoms with E-state index in [1.54, 1.807) is 4.57 Å². The van der Waals surface area contributed by atoms with Gasteiger partial charge >= 0.3 is 11.8 Å². The van der Waals surface area contributed by atoms with Gasteiger partial charge in [-0.05, 0) is 33.6 Å². The molecule has 1 aromatic rings. The Labute approximate surface area is 139 Å². The van der Waals surface area contributed by atoms with Crippen LogP contribution in [-0.4, -0.2) is 51.5 Å². The van der Waals surface area contributed by atoms with Crippen molar-refractivity contribution >= 4 is 17.9 Å². The van der Waals surface area contributed by atoms with Gasteiger partial charge in [-0.3, -0.25) is 4.57 Å². The van der Waals surface area contributed by atoms with E-state index in [4.69, 9.17) is 9.47 Å². The first-order valence-corrected chi connectivity index (χ1v) is 8.70. The number of nitrogens with zero attached hydrogens (tertiary/aromatic N) is 2. The number of alkyl carbamates (subject to hydrolysis) is 1. The molecule has 1 saturated heterocycles. The molecule has 0 spiro atoms. The molecule has 1 amide bonds. The average molecular weight is 344 g/mol. The lowest BCUT2D eigenvalue weighted by Crippen LogP contribution is -2.33. The smallest absolute Gasteiger partial charge is 0.407 e. The molecule has 0 unspecified atom stereocenters. The van der Waals surface area contributed by atoms with Gasteiger partial charge in [-0.1, -0.05) is 11.8 Å². The Kier molecular flexibility index (Phi) is 6.11. The van der Waals surface area contributed by atoms with Crippen molar-refractivity contribution in [2.45, 2.75) is 57.0 Å². The summed E-state index contributed by atoms with van der Waals surface area (Å²) in [5.74, 6) is 0.592. The van der Waals surface area contributed by atoms with E-state index in [0.29, 0.717) is 24.0 Å². The minimum Gasteiger partial charge on any atom is -0.444 e. The number of thioether (sulfide) groups is 1. The molecule has 1 aliphatic rings. The number of carbonyl (C=O) groups excluding carboxylic acids is 1. The van der Waals surface area contributed by atoms with E-state index in [1.807, 2.05) is 20.8 Å². The van der Waals surface area contributed by atoms with Crippen molar-refractivity contribution in [3.63, 3.8) is 0 Å². The summed E-state index contributed by atoms with van der Waals surface area (Å²) in [7, 11) is 0. The summed E-state index contributed by atoms with van der Waals surface area (Å²) < 4.78 is 12.3. The third kappa shape index (κ3) is 5.91. The maximum Gasteiger partial charge on any atom is 0.407 e. The summed E-state index contributed by atoms with van der Waals surface area (Å²) in [5, 5.41) is 9.77. The van der Waals surface area contributed by atoms with Gasteiger partial charge < -0.3 is 14.8 Å². The van der Waals surface area contributed by atoms with Gasteiger partial charge in [-0.15, -0.1) is 5.10 Å². The number of nitrogens with one attached hydrogen (secondary N) is 2. The number of rotatable bonds is 6. The Morgan fingerprint density at radius 1 is 1.57 bits per heavy atom. The third-order valence-electron chi connectivity index (χ3n) is 3.13. The van der Waals surface area contributed by atoms with Gasteiger partial charge in [0.25, 0.3) is 0 Å². The molecule has 9 heteroatoms. The number of H-pyrrole nitrogens is 1. The van der Waals surface area contributed by atoms with Crippen LogP contribution in [-0.2, 0) is 16.0 Å². The Balaban J connectivity index is 1.77. The number of hydrogen-bond acceptors (Lipinski definition) is 6. The zero-order valence-electron chi connectivity index (χ0n) is 13.8. The first-order valence-electron chi connectivity index (χ1n) is 7.71. The summed E-state index contributed by atoms with van der Waals surface area (Å²) in [6.07, 6.45) is 1.61. The van der Waals surface area contributed by atoms with Crippen LogP contribution in [0, 0.1) is 0 Å². The molecule has 1 fully saturated rings. The molecule has 23 heavy (non-hydrogen) atoms. The minimum absolute atomic E-state index is 0.0736. The maximum absolute atomic E-state index is 11.8. The number of aromatic amines is 1. The van der Waals surface area contributed by atoms with Gasteiger partial charge in [0, 0.05) is 18.9 Å². The monoisotopic (exact) mass is 344 g/mol. The first kappa shape index (κ1) is 17.9. The Hall–Kier alpha value is -1.48. The third-order valence-corrected chi connectivity index (χ3v) is 4.11. The molecule has 0 radical (unpaired) electrons. The predicted molar refractivity (Wildman–Crippen MR) is 86.8 cm³/mol. The molecule has 0 bridgehead atoms. The fourth-order valence-corrected chi connectivity index (χ4v) is 2.99. The topological polar surface area (TPSA) is 98.2 Å². The fraction of sp³-hybridized carbons (Fsp3) is 0.786. The van der Waals surface area contributed by atoms with Crippen molar-refractivity contribution in [3.8, 4) is 0 Å². The summed E-state index contributed by atoms with van der Waals surface area (Å²) in [4.78, 5) is 23.3. The summed E-state index contributed by atoms with van der Waals surface area (Å²) in [6, 6.07) is 0. The van der Waals surface area contributed by atoms with Crippen LogP contribution in [0.4, 0.5) is 4.79 Å². The second-order valence-electron chi connectivity index (χ2n) is 6.33. The zero-order valence-corrected chi connectivity index (χ0v) is 14.6. The molecule has 1 atom stereocenters. The van der Waals surface area contributed by atoms with Gasteiger partial charge in [-0.25, -0.2) is 14.7 Å². The number of amides is 1. The number of aromatic nitrogens is 3. The van der Waals surface area contributed by atoms with E-state index in [1.165, 1.54) is 11.8 Å². The average Bonchev–Trinajstić information content (AvgIpc) is 3.06. The van der Waals surface area contributed by atoms with Gasteiger partial charge in [0.05, 0.1) is 12.6 Å². The number of hydrogen-bond donors (Lipinski definition) is 2. The van der Waals surface area contributed by atoms with E-state index in [2.05, 4.69) is 15.5 Å². The number of carbonyl (C=O) groups is 1. The standard InChI is InChI=1S/C14H24N4O4S/c1-14(2,3)22-13(20)15-6-8-23-12-17-16-11(19)18(12)9-10-5-4-7-21-10/h10H,4-9H2,1-3H3,(H,15,20)(H,16,19)/t10-/m0/s1. The molecule has 2 heterocycles. The van der Waals surface area contributed by atoms with E-state index >= 15 is 0 Å². The van der Waals surface area contributed by atoms with Crippen molar-refractivity contribution in [1.29, 1.82) is 0 Å². The van der Waals surface area contributed by atoms with Crippen LogP contribution in [0.3, 0.4) is 0 Å². The molecule has 0 aliphatic carbocycles. The van der Waals surface area contributed by atoms with E-state index < -0.39 is 11.7 Å². The van der Waals surface area contributed by atoms with Crippen LogP contribution in [0.25, 0.3) is 0 Å². The van der Waals surface area contributed by atoms with Crippen LogP contribution >= 0.6 is 11.8 Å². The lowest BCUT2D eigenvalue weighted by atomic mass is 10.2. The first-order chi connectivity index (χ1) is 10.8. The molecule has 0 saturated carbocycles. The van der Waals surface area contributed by atoms with Crippen LogP contribution in [0.2, 0.25) is 0 Å². The quantitative estimate of drug-likeness (QED) is 0.597. The van der Waals surface area contributed by atoms with E-state index in [0.717, 1.165) is 19.4 Å². The van der Waals surface area contributed by atoms with Crippen molar-refractivity contribution in [2.75, 3.05) is 18.9 Å². The normalized spacial score (nSPS) is 18.1. The second kappa shape index (κ2) is 7.87. The van der Waals surface area contributed by atoms with Crippen LogP contribution in [0.1, 0.15) is 33.6 Å². The van der Waals surface area contributed by atoms with Crippen molar-refractivity contribution in [3.05, 3.63) is 10.5 Å². The SMILES string of the molecule is CC(C)(C)OC(=O)NCCSc1n[nH]c(=O)n1C[C@@H]1CCCO1. The van der Waals surface area contributed by atoms with Gasteiger partial charge in [0.15, 0.2) is 5.16 Å². The molecular formula is C14H24N4O4S. The highest BCUT2D eigenvalue weighted by Crippen LogP contribution is 2.17. The molecule has 0 aromatic carbocycles. The molecule has 8 nitrogen and oxygen atoms in total. The Morgan fingerprint density at radius 3 is 3.00 bits per heavy atom. The van der Waals surface area contributed by atoms with E-state index in [9.17, 15) is 9.59 Å². The van der Waals surface area contributed by atoms with Crippen LogP contribution in [0.15, 0.2) is 9.95 Å². The predicted octanol–water partition coefficient (Wildman–Crippen LogP) is 1.37. The highest BCUT2D eigenvalue weighted by atomic mass is 32.2. The van der Waals surface area contributed by atoms with Crippen molar-refractivity contribution in [1.82, 2.24) is 20.1 Å². The summed E-state index contributed by atoms with van der Waals surface area (Å²) in [5.41, 5.74) is -0.746. The summed E-state index contributed by atoms with van der Waals surface area (Å²) in [6.45, 7) is 7.13. The lowest BCUT2D eigenvalue weighted by Gasteiger charge is -2.19. The Morgan fingerprint density at radius 2 is 2.35 bits per heavy atom. The van der Waals surface area contributed by atoms with Gasteiger partial charge in [0.1, 0.15) is 5.60 Å². The highest BCUT2D eigenvalue weighted by Gasteiger charge is 2.20. The van der Waals surface area contributed by atoms with Crippen molar-refractivity contribution in [2.24, 2.45) is 0 Å². The molecule has 2 rings (SSSR count). The molecule has 1 aliphatic heterocycles. The largest absolute Gasteiger partial charge is 0.444 e. The fourth-order valence-electron chi connectivity index (χ4n) is 2.18. The lowest BCUT2D eigenvalue weighted by molar-refractivity contribution is 0.0531. The second-order valence-corrected chi connectivity index (χ2v) is 7.40. The molecule has 1 aromatic heterocycles. The Bertz CT molecular complexity index is 572. The molecule has 130 valence electrons. The van der Waals surface area contributed by atoms with Crippen LogP contribution < -0.4 is 11.0 Å². The molecule has 2 N–H and O–H groups in total. The van der Waals surface area contributed by atoms with Crippen molar-refractivity contribution < 1.29 is 14.3 Å². The minimum atomic E-state index is -0.513.